The largest absolute Gasteiger partial charge is 0.492 e. The fourth-order valence-corrected chi connectivity index (χ4v) is 4.25. The molecule has 3 aromatic rings. The van der Waals surface area contributed by atoms with Crippen molar-refractivity contribution in [3.05, 3.63) is 58.7 Å². The maximum absolute atomic E-state index is 13.3. The number of amides is 1. The van der Waals surface area contributed by atoms with Gasteiger partial charge in [0.1, 0.15) is 18.1 Å². The zero-order chi connectivity index (χ0) is 24.3. The molecule has 2 aromatic heterocycles. The third-order valence-corrected chi connectivity index (χ3v) is 5.88. The van der Waals surface area contributed by atoms with Gasteiger partial charge in [0, 0.05) is 24.3 Å². The van der Waals surface area contributed by atoms with E-state index in [0.29, 0.717) is 54.3 Å². The highest BCUT2D eigenvalue weighted by Gasteiger charge is 2.39. The van der Waals surface area contributed by atoms with Gasteiger partial charge in [-0.15, -0.1) is 0 Å². The second-order valence-electron chi connectivity index (χ2n) is 8.13. The molecule has 0 aliphatic heterocycles. The molecule has 0 atom stereocenters. The quantitative estimate of drug-likeness (QED) is 0.490. The summed E-state index contributed by atoms with van der Waals surface area (Å²) in [6.07, 6.45) is -0.226. The molecule has 182 valence electrons. The molecule has 0 unspecified atom stereocenters. The Bertz CT molecular complexity index is 1150. The van der Waals surface area contributed by atoms with Gasteiger partial charge in [0.25, 0.3) is 5.91 Å². The van der Waals surface area contributed by atoms with E-state index >= 15 is 0 Å². The number of carbonyl (C=O) groups excluding carboxylic acids is 1. The average Bonchev–Trinajstić information content (AvgIpc) is 3.40. The van der Waals surface area contributed by atoms with Crippen molar-refractivity contribution in [3.63, 3.8) is 0 Å². The number of alkyl halides is 3. The number of rotatable bonds is 9. The lowest BCUT2D eigenvalue weighted by Crippen LogP contribution is -2.19. The first kappa shape index (κ1) is 23.7. The molecule has 0 saturated carbocycles. The number of carbonyl (C=O) groups is 1. The Hall–Kier alpha value is -3.50. The Labute approximate surface area is 194 Å². The van der Waals surface area contributed by atoms with Crippen LogP contribution >= 0.6 is 0 Å². The van der Waals surface area contributed by atoms with E-state index in [4.69, 9.17) is 10.5 Å². The van der Waals surface area contributed by atoms with Gasteiger partial charge in [-0.25, -0.2) is 0 Å². The lowest BCUT2D eigenvalue weighted by atomic mass is 9.95. The SMILES string of the molecule is CCn1ncc(NCc2ccc(OCCn3nc(C(F)(F)F)c4c3CCCC4)cc2)c1C(N)=O. The molecule has 0 bridgehead atoms. The molecule has 1 aliphatic carbocycles. The molecule has 0 saturated heterocycles. The number of aryl methyl sites for hydroxylation is 1. The number of anilines is 1. The number of hydrogen-bond acceptors (Lipinski definition) is 5. The third kappa shape index (κ3) is 5.02. The summed E-state index contributed by atoms with van der Waals surface area (Å²) < 4.78 is 48.7. The molecule has 0 spiro atoms. The van der Waals surface area contributed by atoms with Crippen LogP contribution in [-0.2, 0) is 38.7 Å². The average molecular weight is 477 g/mol. The van der Waals surface area contributed by atoms with Crippen LogP contribution in [-0.4, -0.2) is 32.1 Å². The molecule has 8 nitrogen and oxygen atoms in total. The van der Waals surface area contributed by atoms with Crippen LogP contribution in [0.25, 0.3) is 0 Å². The summed E-state index contributed by atoms with van der Waals surface area (Å²) >= 11 is 0. The summed E-state index contributed by atoms with van der Waals surface area (Å²) in [4.78, 5) is 11.7. The van der Waals surface area contributed by atoms with Gasteiger partial charge in [0.15, 0.2) is 5.69 Å². The number of aromatic nitrogens is 4. The summed E-state index contributed by atoms with van der Waals surface area (Å²) in [5, 5.41) is 11.2. The van der Waals surface area contributed by atoms with Crippen LogP contribution in [0.5, 0.6) is 5.75 Å². The van der Waals surface area contributed by atoms with Crippen molar-refractivity contribution in [2.24, 2.45) is 5.73 Å². The first-order chi connectivity index (χ1) is 16.3. The Kier molecular flexibility index (Phi) is 6.80. The lowest BCUT2D eigenvalue weighted by molar-refractivity contribution is -0.142. The van der Waals surface area contributed by atoms with E-state index < -0.39 is 17.8 Å². The summed E-state index contributed by atoms with van der Waals surface area (Å²) in [6, 6.07) is 7.32. The topological polar surface area (TPSA) is 100.0 Å². The van der Waals surface area contributed by atoms with Crippen LogP contribution in [0.2, 0.25) is 0 Å². The van der Waals surface area contributed by atoms with Crippen LogP contribution in [0.15, 0.2) is 30.5 Å². The molecule has 0 fully saturated rings. The van der Waals surface area contributed by atoms with E-state index in [1.165, 1.54) is 9.36 Å². The number of halogens is 3. The molecule has 0 radical (unpaired) electrons. The zero-order valence-electron chi connectivity index (χ0n) is 18.9. The number of hydrogen-bond donors (Lipinski definition) is 2. The minimum atomic E-state index is -4.44. The Morgan fingerprint density at radius 1 is 1.18 bits per heavy atom. The number of primary amides is 1. The molecule has 3 N–H and O–H groups in total. The molecule has 1 amide bonds. The van der Waals surface area contributed by atoms with Gasteiger partial charge in [-0.2, -0.15) is 23.4 Å². The van der Waals surface area contributed by atoms with Crippen molar-refractivity contribution in [2.45, 2.75) is 58.4 Å². The Morgan fingerprint density at radius 3 is 2.59 bits per heavy atom. The van der Waals surface area contributed by atoms with E-state index in [1.54, 1.807) is 18.3 Å². The number of nitrogens with one attached hydrogen (secondary N) is 1. The number of nitrogens with two attached hydrogens (primary N) is 1. The molecule has 1 aliphatic rings. The van der Waals surface area contributed by atoms with Crippen molar-refractivity contribution in [3.8, 4) is 5.75 Å². The van der Waals surface area contributed by atoms with Crippen molar-refractivity contribution in [2.75, 3.05) is 11.9 Å². The van der Waals surface area contributed by atoms with Crippen LogP contribution in [0, 0.1) is 0 Å². The van der Waals surface area contributed by atoms with Gasteiger partial charge in [-0.3, -0.25) is 14.2 Å². The first-order valence-electron chi connectivity index (χ1n) is 11.2. The lowest BCUT2D eigenvalue weighted by Gasteiger charge is -2.15. The predicted molar refractivity (Wildman–Crippen MR) is 120 cm³/mol. The van der Waals surface area contributed by atoms with E-state index in [0.717, 1.165) is 18.4 Å². The fourth-order valence-electron chi connectivity index (χ4n) is 4.25. The normalized spacial score (nSPS) is 13.5. The molecule has 1 aromatic carbocycles. The van der Waals surface area contributed by atoms with Crippen LogP contribution in [0.1, 0.15) is 52.8 Å². The fraction of sp³-hybridized carbons (Fsp3) is 0.435. The van der Waals surface area contributed by atoms with Crippen molar-refractivity contribution in [1.82, 2.24) is 19.6 Å². The van der Waals surface area contributed by atoms with E-state index in [1.807, 2.05) is 19.1 Å². The van der Waals surface area contributed by atoms with Gasteiger partial charge in [0.05, 0.1) is 18.4 Å². The summed E-state index contributed by atoms with van der Waals surface area (Å²) in [6.45, 7) is 3.32. The van der Waals surface area contributed by atoms with E-state index in [-0.39, 0.29) is 13.2 Å². The van der Waals surface area contributed by atoms with Gasteiger partial charge in [0.2, 0.25) is 0 Å². The maximum Gasteiger partial charge on any atom is 0.435 e. The number of ether oxygens (including phenoxy) is 1. The van der Waals surface area contributed by atoms with Crippen molar-refractivity contribution in [1.29, 1.82) is 0 Å². The van der Waals surface area contributed by atoms with Crippen LogP contribution in [0.3, 0.4) is 0 Å². The predicted octanol–water partition coefficient (Wildman–Crippen LogP) is 3.79. The number of benzene rings is 1. The van der Waals surface area contributed by atoms with Gasteiger partial charge in [-0.05, 0) is 50.3 Å². The Morgan fingerprint density at radius 2 is 1.91 bits per heavy atom. The molecular formula is C23H27F3N6O2. The first-order valence-corrected chi connectivity index (χ1v) is 11.2. The third-order valence-electron chi connectivity index (χ3n) is 5.88. The molecular weight excluding hydrogens is 449 g/mol. The second-order valence-corrected chi connectivity index (χ2v) is 8.13. The van der Waals surface area contributed by atoms with Crippen molar-refractivity contribution < 1.29 is 22.7 Å². The van der Waals surface area contributed by atoms with E-state index in [2.05, 4.69) is 15.5 Å². The zero-order valence-corrected chi connectivity index (χ0v) is 18.9. The highest BCUT2D eigenvalue weighted by molar-refractivity contribution is 5.96. The molecule has 4 rings (SSSR count). The van der Waals surface area contributed by atoms with Gasteiger partial charge >= 0.3 is 6.18 Å². The monoisotopic (exact) mass is 476 g/mol. The Balaban J connectivity index is 1.34. The molecule has 34 heavy (non-hydrogen) atoms. The smallest absolute Gasteiger partial charge is 0.435 e. The summed E-state index contributed by atoms with van der Waals surface area (Å²) in [7, 11) is 0. The minimum absolute atomic E-state index is 0.210. The summed E-state index contributed by atoms with van der Waals surface area (Å²) in [5.41, 5.74) is 7.54. The molecule has 2 heterocycles. The maximum atomic E-state index is 13.3. The number of nitrogens with zero attached hydrogens (tertiary/aromatic N) is 4. The van der Waals surface area contributed by atoms with Crippen LogP contribution in [0.4, 0.5) is 18.9 Å². The standard InChI is InChI=1S/C23H27F3N6O2/c1-2-31-20(22(27)33)18(14-29-31)28-13-15-7-9-16(10-8-15)34-12-11-32-19-6-4-3-5-17(19)21(30-32)23(24,25)26/h7-10,14,28H,2-6,11-13H2,1H3,(H2,27,33). The van der Waals surface area contributed by atoms with Crippen molar-refractivity contribution >= 4 is 11.6 Å². The highest BCUT2D eigenvalue weighted by atomic mass is 19.4. The second kappa shape index (κ2) is 9.78. The highest BCUT2D eigenvalue weighted by Crippen LogP contribution is 2.35. The number of fused-ring (bicyclic) bond motifs is 1. The molecule has 11 heteroatoms. The van der Waals surface area contributed by atoms with E-state index in [9.17, 15) is 18.0 Å². The van der Waals surface area contributed by atoms with Gasteiger partial charge < -0.3 is 15.8 Å². The summed E-state index contributed by atoms with van der Waals surface area (Å²) in [5.74, 6) is 0.0591. The van der Waals surface area contributed by atoms with Gasteiger partial charge in [-0.1, -0.05) is 12.1 Å². The van der Waals surface area contributed by atoms with Crippen LogP contribution < -0.4 is 15.8 Å². The minimum Gasteiger partial charge on any atom is -0.492 e.